The molecule has 4 aromatic rings. The van der Waals surface area contributed by atoms with Crippen molar-refractivity contribution in [2.75, 3.05) is 11.1 Å². The zero-order valence-corrected chi connectivity index (χ0v) is 22.4. The molecule has 3 aromatic heterocycles. The third kappa shape index (κ3) is 5.43. The first kappa shape index (κ1) is 26.6. The second-order valence-electron chi connectivity index (χ2n) is 8.55. The van der Waals surface area contributed by atoms with E-state index >= 15 is 0 Å². The van der Waals surface area contributed by atoms with Crippen molar-refractivity contribution in [1.29, 1.82) is 0 Å². The van der Waals surface area contributed by atoms with Crippen molar-refractivity contribution in [2.45, 2.75) is 40.2 Å². The summed E-state index contributed by atoms with van der Waals surface area (Å²) in [4.78, 5) is 31.5. The Morgan fingerprint density at radius 3 is 2.76 bits per heavy atom. The molecule has 8 nitrogen and oxygen atoms in total. The van der Waals surface area contributed by atoms with Crippen molar-refractivity contribution in [1.82, 2.24) is 24.5 Å². The molecule has 0 saturated carbocycles. The molecule has 0 aliphatic heterocycles. The standard InChI is InChI=1S/C29H28ClN7O/c1-5-7-11-20(6-2)37-28(36-24-13-8-12-22(30)25(24)29(37)38)19(4)35-27-21(26(31)33-17-34-27)14-15-23-18(3)10-9-16-32-23/h5,7-13,16-17,19H,6H2,1-4H3,(H3,31,33,34,35)/b7-5-,20-11+. The number of aryl methyl sites for hydroxylation is 1. The van der Waals surface area contributed by atoms with Crippen molar-refractivity contribution < 1.29 is 0 Å². The number of halogens is 1. The van der Waals surface area contributed by atoms with Crippen LogP contribution in [0.4, 0.5) is 11.6 Å². The van der Waals surface area contributed by atoms with Crippen molar-refractivity contribution >= 4 is 39.8 Å². The van der Waals surface area contributed by atoms with E-state index in [4.69, 9.17) is 22.3 Å². The first-order valence-corrected chi connectivity index (χ1v) is 12.6. The number of hydrogen-bond acceptors (Lipinski definition) is 7. The van der Waals surface area contributed by atoms with Crippen LogP contribution in [0.1, 0.15) is 55.9 Å². The van der Waals surface area contributed by atoms with Crippen molar-refractivity contribution in [2.24, 2.45) is 0 Å². The number of rotatable bonds is 6. The minimum absolute atomic E-state index is 0.230. The van der Waals surface area contributed by atoms with Gasteiger partial charge in [0.25, 0.3) is 5.56 Å². The Kier molecular flexibility index (Phi) is 8.19. The molecule has 1 unspecified atom stereocenters. The smallest absolute Gasteiger partial charge is 0.267 e. The van der Waals surface area contributed by atoms with Gasteiger partial charge in [0.1, 0.15) is 35.0 Å². The SMILES string of the molecule is C/C=C\C=C(/CC)n1c(C(C)Nc2ncnc(N)c2C#Cc2ncccc2C)nc2cccc(Cl)c2c1=O. The van der Waals surface area contributed by atoms with Crippen LogP contribution in [-0.4, -0.2) is 24.5 Å². The van der Waals surface area contributed by atoms with E-state index in [0.29, 0.717) is 45.2 Å². The summed E-state index contributed by atoms with van der Waals surface area (Å²) in [6.07, 6.45) is 9.35. The second-order valence-corrected chi connectivity index (χ2v) is 8.96. The predicted molar refractivity (Wildman–Crippen MR) is 154 cm³/mol. The fourth-order valence-electron chi connectivity index (χ4n) is 3.97. The maximum atomic E-state index is 13.8. The predicted octanol–water partition coefficient (Wildman–Crippen LogP) is 5.53. The van der Waals surface area contributed by atoms with Crippen LogP contribution < -0.4 is 16.6 Å². The number of nitrogens with one attached hydrogen (secondary N) is 1. The molecule has 3 N–H and O–H groups in total. The highest BCUT2D eigenvalue weighted by atomic mass is 35.5. The third-order valence-electron chi connectivity index (χ3n) is 5.94. The molecule has 1 aromatic carbocycles. The Bertz CT molecular complexity index is 1680. The zero-order chi connectivity index (χ0) is 27.2. The summed E-state index contributed by atoms with van der Waals surface area (Å²) < 4.78 is 1.61. The average Bonchev–Trinajstić information content (AvgIpc) is 2.90. The molecular weight excluding hydrogens is 498 g/mol. The minimum atomic E-state index is -0.460. The number of nitrogens with zero attached hydrogens (tertiary/aromatic N) is 5. The number of pyridine rings is 1. The molecule has 0 bridgehead atoms. The van der Waals surface area contributed by atoms with Gasteiger partial charge in [0.2, 0.25) is 0 Å². The van der Waals surface area contributed by atoms with Gasteiger partial charge in [-0.3, -0.25) is 9.36 Å². The molecule has 0 fully saturated rings. The molecule has 3 heterocycles. The molecular formula is C29H28ClN7O. The molecule has 0 aliphatic carbocycles. The lowest BCUT2D eigenvalue weighted by Gasteiger charge is -2.22. The average molecular weight is 526 g/mol. The van der Waals surface area contributed by atoms with Crippen molar-refractivity contribution in [3.8, 4) is 11.8 Å². The normalized spacial score (nSPS) is 12.4. The first-order valence-electron chi connectivity index (χ1n) is 12.2. The van der Waals surface area contributed by atoms with Crippen LogP contribution in [0.3, 0.4) is 0 Å². The van der Waals surface area contributed by atoms with Gasteiger partial charge >= 0.3 is 0 Å². The van der Waals surface area contributed by atoms with E-state index < -0.39 is 6.04 Å². The summed E-state index contributed by atoms with van der Waals surface area (Å²) in [5.41, 5.74) is 9.25. The maximum Gasteiger partial charge on any atom is 0.267 e. The van der Waals surface area contributed by atoms with Gasteiger partial charge in [-0.2, -0.15) is 0 Å². The lowest BCUT2D eigenvalue weighted by molar-refractivity contribution is 0.729. The van der Waals surface area contributed by atoms with Gasteiger partial charge in [-0.1, -0.05) is 48.7 Å². The lowest BCUT2D eigenvalue weighted by Crippen LogP contribution is -2.28. The number of nitrogen functional groups attached to an aromatic ring is 1. The van der Waals surface area contributed by atoms with E-state index in [9.17, 15) is 4.79 Å². The molecule has 0 saturated heterocycles. The topological polar surface area (TPSA) is 112 Å². The molecule has 192 valence electrons. The number of benzene rings is 1. The van der Waals surface area contributed by atoms with Crippen LogP contribution >= 0.6 is 11.6 Å². The molecule has 0 amide bonds. The summed E-state index contributed by atoms with van der Waals surface area (Å²) in [5, 5.41) is 4.07. The Balaban J connectivity index is 1.85. The van der Waals surface area contributed by atoms with Gasteiger partial charge in [0.05, 0.1) is 22.0 Å². The molecule has 0 aliphatic rings. The quantitative estimate of drug-likeness (QED) is 0.251. The lowest BCUT2D eigenvalue weighted by atomic mass is 10.1. The van der Waals surface area contributed by atoms with Crippen LogP contribution in [0.2, 0.25) is 5.02 Å². The summed E-state index contributed by atoms with van der Waals surface area (Å²) in [5.74, 6) is 7.28. The van der Waals surface area contributed by atoms with Crippen LogP contribution in [0.5, 0.6) is 0 Å². The molecule has 38 heavy (non-hydrogen) atoms. The van der Waals surface area contributed by atoms with Gasteiger partial charge in [-0.25, -0.2) is 19.9 Å². The van der Waals surface area contributed by atoms with Gasteiger partial charge < -0.3 is 11.1 Å². The Hall–Kier alpha value is -4.48. The van der Waals surface area contributed by atoms with Crippen molar-refractivity contribution in [3.05, 3.63) is 99.1 Å². The van der Waals surface area contributed by atoms with Gasteiger partial charge in [-0.15, -0.1) is 0 Å². The number of fused-ring (bicyclic) bond motifs is 1. The Morgan fingerprint density at radius 2 is 2.03 bits per heavy atom. The molecule has 1 atom stereocenters. The van der Waals surface area contributed by atoms with Crippen LogP contribution in [-0.2, 0) is 0 Å². The van der Waals surface area contributed by atoms with Crippen LogP contribution in [0.25, 0.3) is 16.6 Å². The molecule has 9 heteroatoms. The Morgan fingerprint density at radius 1 is 1.21 bits per heavy atom. The summed E-state index contributed by atoms with van der Waals surface area (Å²) >= 11 is 6.43. The highest BCUT2D eigenvalue weighted by Gasteiger charge is 2.21. The van der Waals surface area contributed by atoms with Gasteiger partial charge in [0.15, 0.2) is 0 Å². The number of anilines is 2. The van der Waals surface area contributed by atoms with E-state index in [1.807, 2.05) is 58.1 Å². The van der Waals surface area contributed by atoms with Crippen LogP contribution in [0, 0.1) is 18.8 Å². The number of aromatic nitrogens is 5. The van der Waals surface area contributed by atoms with E-state index in [2.05, 4.69) is 32.1 Å². The van der Waals surface area contributed by atoms with Gasteiger partial charge in [0, 0.05) is 11.9 Å². The van der Waals surface area contributed by atoms with Crippen LogP contribution in [0.15, 0.2) is 65.9 Å². The monoisotopic (exact) mass is 525 g/mol. The fourth-order valence-corrected chi connectivity index (χ4v) is 4.22. The third-order valence-corrected chi connectivity index (χ3v) is 6.25. The molecule has 0 radical (unpaired) electrons. The first-order chi connectivity index (χ1) is 18.3. The second kappa shape index (κ2) is 11.7. The van der Waals surface area contributed by atoms with E-state index in [1.165, 1.54) is 6.33 Å². The molecule has 4 rings (SSSR count). The van der Waals surface area contributed by atoms with Crippen molar-refractivity contribution in [3.63, 3.8) is 0 Å². The zero-order valence-electron chi connectivity index (χ0n) is 21.7. The highest BCUT2D eigenvalue weighted by molar-refractivity contribution is 6.35. The van der Waals surface area contributed by atoms with E-state index in [0.717, 1.165) is 11.3 Å². The molecule has 0 spiro atoms. The summed E-state index contributed by atoms with van der Waals surface area (Å²) in [7, 11) is 0. The van der Waals surface area contributed by atoms with E-state index in [1.54, 1.807) is 29.0 Å². The number of nitrogens with two attached hydrogens (primary N) is 1. The summed E-state index contributed by atoms with van der Waals surface area (Å²) in [6.45, 7) is 7.74. The maximum absolute atomic E-state index is 13.8. The van der Waals surface area contributed by atoms with E-state index in [-0.39, 0.29) is 11.4 Å². The fraction of sp³-hybridized carbons (Fsp3) is 0.207. The summed E-state index contributed by atoms with van der Waals surface area (Å²) in [6, 6.07) is 8.58. The van der Waals surface area contributed by atoms with Gasteiger partial charge in [-0.05, 0) is 63.0 Å². The Labute approximate surface area is 226 Å². The minimum Gasteiger partial charge on any atom is -0.382 e. The largest absolute Gasteiger partial charge is 0.382 e. The number of allylic oxidation sites excluding steroid dienone is 4. The number of hydrogen-bond donors (Lipinski definition) is 2. The highest BCUT2D eigenvalue weighted by Crippen LogP contribution is 2.26.